The molecule has 0 aliphatic rings. The second-order valence-corrected chi connectivity index (χ2v) is 9.28. The quantitative estimate of drug-likeness (QED) is 0.218. The van der Waals surface area contributed by atoms with Crippen LogP contribution in [-0.2, 0) is 4.79 Å². The molecule has 0 spiro atoms. The monoisotopic (exact) mass is 539 g/mol. The number of urea groups is 1. The molecule has 0 unspecified atom stereocenters. The summed E-state index contributed by atoms with van der Waals surface area (Å²) in [5, 5.41) is 13.5. The van der Waals surface area contributed by atoms with Crippen LogP contribution in [0.2, 0.25) is 0 Å². The number of carbonyl (C=O) groups is 2. The van der Waals surface area contributed by atoms with Gasteiger partial charge in [-0.2, -0.15) is 5.10 Å². The summed E-state index contributed by atoms with van der Waals surface area (Å²) >= 11 is 0. The van der Waals surface area contributed by atoms with Gasteiger partial charge in [-0.05, 0) is 48.4 Å². The molecule has 5 aromatic rings. The topological polar surface area (TPSA) is 123 Å². The van der Waals surface area contributed by atoms with Crippen LogP contribution in [0.1, 0.15) is 32.4 Å². The van der Waals surface area contributed by atoms with Gasteiger partial charge in [0, 0.05) is 42.9 Å². The Hall–Kier alpha value is -5.32. The third-order valence-corrected chi connectivity index (χ3v) is 5.85. The Morgan fingerprint density at radius 3 is 2.50 bits per heavy atom. The fourth-order valence-electron chi connectivity index (χ4n) is 3.95. The first-order valence-electron chi connectivity index (χ1n) is 12.5. The number of rotatable bonds is 7. The molecular weight excluding hydrogens is 513 g/mol. The van der Waals surface area contributed by atoms with Crippen LogP contribution < -0.4 is 20.7 Å². The molecule has 3 N–H and O–H groups in total. The summed E-state index contributed by atoms with van der Waals surface area (Å²) in [5.74, 6) is 0.443. The average Bonchev–Trinajstić information content (AvgIpc) is 3.34. The number of amides is 3. The van der Waals surface area contributed by atoms with Crippen molar-refractivity contribution >= 4 is 40.2 Å². The lowest BCUT2D eigenvalue weighted by Gasteiger charge is -2.12. The minimum atomic E-state index is -0.692. The minimum absolute atomic E-state index is 0.0366. The molecule has 0 bridgehead atoms. The molecule has 0 saturated carbocycles. The number of halogens is 1. The molecule has 0 atom stereocenters. The number of ether oxygens (including phenoxy) is 1. The van der Waals surface area contributed by atoms with Gasteiger partial charge in [-0.3, -0.25) is 15.1 Å². The van der Waals surface area contributed by atoms with Gasteiger partial charge in [0.1, 0.15) is 29.0 Å². The van der Waals surface area contributed by atoms with Crippen LogP contribution in [0.4, 0.5) is 26.5 Å². The Morgan fingerprint density at radius 1 is 0.900 bits per heavy atom. The van der Waals surface area contributed by atoms with Crippen molar-refractivity contribution in [3.05, 3.63) is 90.6 Å². The highest BCUT2D eigenvalue weighted by atomic mass is 19.1. The van der Waals surface area contributed by atoms with Gasteiger partial charge < -0.3 is 15.4 Å². The molecule has 3 heterocycles. The molecule has 0 saturated heterocycles. The highest BCUT2D eigenvalue weighted by Crippen LogP contribution is 2.28. The number of anilines is 3. The van der Waals surface area contributed by atoms with E-state index in [9.17, 15) is 14.0 Å². The number of hydrogen-bond acceptors (Lipinski definition) is 6. The van der Waals surface area contributed by atoms with Crippen LogP contribution in [0.3, 0.4) is 0 Å². The Morgan fingerprint density at radius 2 is 1.73 bits per heavy atom. The van der Waals surface area contributed by atoms with Crippen LogP contribution in [0.15, 0.2) is 79.1 Å². The van der Waals surface area contributed by atoms with Gasteiger partial charge >= 0.3 is 6.03 Å². The summed E-state index contributed by atoms with van der Waals surface area (Å²) in [6, 6.07) is 17.8. The number of nitrogens with one attached hydrogen (secondary N) is 3. The van der Waals surface area contributed by atoms with Crippen LogP contribution in [0, 0.1) is 5.82 Å². The van der Waals surface area contributed by atoms with Gasteiger partial charge in [-0.25, -0.2) is 18.9 Å². The third kappa shape index (κ3) is 6.04. The Balaban J connectivity index is 1.32. The summed E-state index contributed by atoms with van der Waals surface area (Å²) < 4.78 is 22.2. The van der Waals surface area contributed by atoms with E-state index >= 15 is 0 Å². The van der Waals surface area contributed by atoms with Crippen molar-refractivity contribution in [2.75, 3.05) is 16.0 Å². The Kier molecular flexibility index (Phi) is 7.36. The van der Waals surface area contributed by atoms with Crippen molar-refractivity contribution in [1.82, 2.24) is 19.7 Å². The first-order chi connectivity index (χ1) is 19.2. The molecule has 0 radical (unpaired) electrons. The van der Waals surface area contributed by atoms with Crippen molar-refractivity contribution in [2.45, 2.75) is 26.7 Å². The summed E-state index contributed by atoms with van der Waals surface area (Å²) in [7, 11) is 0. The molecule has 202 valence electrons. The number of fused-ring (bicyclic) bond motifs is 1. The van der Waals surface area contributed by atoms with Gasteiger partial charge in [0.25, 0.3) is 0 Å². The maximum absolute atomic E-state index is 14.9. The van der Waals surface area contributed by atoms with Crippen molar-refractivity contribution in [2.24, 2.45) is 0 Å². The van der Waals surface area contributed by atoms with Gasteiger partial charge in [0.15, 0.2) is 0 Å². The first-order valence-corrected chi connectivity index (χ1v) is 12.5. The number of hydrogen-bond donors (Lipinski definition) is 3. The lowest BCUT2D eigenvalue weighted by molar-refractivity contribution is -0.114. The third-order valence-electron chi connectivity index (χ3n) is 5.85. The number of pyridine rings is 2. The van der Waals surface area contributed by atoms with Crippen molar-refractivity contribution < 1.29 is 18.7 Å². The van der Waals surface area contributed by atoms with Crippen LogP contribution in [0.5, 0.6) is 11.5 Å². The van der Waals surface area contributed by atoms with Gasteiger partial charge in [-0.15, -0.1) is 0 Å². The molecule has 3 amide bonds. The lowest BCUT2D eigenvalue weighted by Crippen LogP contribution is -2.22. The fraction of sp³-hybridized carbons (Fsp3) is 0.138. The van der Waals surface area contributed by atoms with Crippen molar-refractivity contribution in [3.63, 3.8) is 0 Å². The van der Waals surface area contributed by atoms with E-state index in [1.807, 2.05) is 44.2 Å². The maximum atomic E-state index is 14.9. The van der Waals surface area contributed by atoms with E-state index in [-0.39, 0.29) is 23.3 Å². The Labute approximate surface area is 229 Å². The highest BCUT2D eigenvalue weighted by Gasteiger charge is 2.16. The fourth-order valence-corrected chi connectivity index (χ4v) is 3.95. The van der Waals surface area contributed by atoms with E-state index in [0.717, 1.165) is 28.4 Å². The number of benzene rings is 2. The number of carbonyl (C=O) groups excluding carboxylic acids is 2. The summed E-state index contributed by atoms with van der Waals surface area (Å²) in [4.78, 5) is 32.5. The molecular formula is C29H26FN7O3. The van der Waals surface area contributed by atoms with Crippen LogP contribution in [-0.4, -0.2) is 31.7 Å². The van der Waals surface area contributed by atoms with Gasteiger partial charge in [0.2, 0.25) is 5.91 Å². The number of nitrogens with zero attached hydrogens (tertiary/aromatic N) is 4. The largest absolute Gasteiger partial charge is 0.457 e. The highest BCUT2D eigenvalue weighted by molar-refractivity contribution is 5.99. The predicted molar refractivity (Wildman–Crippen MR) is 151 cm³/mol. The average molecular weight is 540 g/mol. The molecule has 0 fully saturated rings. The maximum Gasteiger partial charge on any atom is 0.324 e. The van der Waals surface area contributed by atoms with Crippen molar-refractivity contribution in [3.8, 4) is 17.2 Å². The van der Waals surface area contributed by atoms with Crippen LogP contribution in [0.25, 0.3) is 16.6 Å². The van der Waals surface area contributed by atoms with Gasteiger partial charge in [0.05, 0.1) is 22.6 Å². The summed E-state index contributed by atoms with van der Waals surface area (Å²) in [5.41, 5.74) is 2.33. The van der Waals surface area contributed by atoms with Crippen LogP contribution >= 0.6 is 0 Å². The molecule has 5 rings (SSSR count). The predicted octanol–water partition coefficient (Wildman–Crippen LogP) is 6.47. The normalized spacial score (nSPS) is 10.9. The zero-order chi connectivity index (χ0) is 28.2. The molecule has 2 aromatic carbocycles. The van der Waals surface area contributed by atoms with E-state index in [0.29, 0.717) is 17.4 Å². The standard InChI is InChI=1S/C29H26FN7O3/c1-17(2)26-16-28(37(36-26)20-6-8-24-19(13-20)5-4-11-31-24)35-29(39)34-25-9-7-21(14-23(25)30)40-22-10-12-32-27(15-22)33-18(3)38/h4-17H,1-3H3,(H,32,33,38)(H2,34,35,39). The molecule has 0 aliphatic carbocycles. The first kappa shape index (κ1) is 26.3. The molecule has 3 aromatic heterocycles. The second-order valence-electron chi connectivity index (χ2n) is 9.28. The Bertz CT molecular complexity index is 1720. The van der Waals surface area contributed by atoms with Gasteiger partial charge in [-0.1, -0.05) is 19.9 Å². The smallest absolute Gasteiger partial charge is 0.324 e. The summed E-state index contributed by atoms with van der Waals surface area (Å²) in [6.07, 6.45) is 3.19. The molecule has 10 nitrogen and oxygen atoms in total. The molecule has 0 aliphatic heterocycles. The van der Waals surface area contributed by atoms with E-state index in [1.165, 1.54) is 31.3 Å². The molecule has 11 heteroatoms. The van der Waals surface area contributed by atoms with E-state index < -0.39 is 11.8 Å². The second kappa shape index (κ2) is 11.2. The lowest BCUT2D eigenvalue weighted by atomic mass is 10.1. The zero-order valence-corrected chi connectivity index (χ0v) is 22.0. The van der Waals surface area contributed by atoms with Crippen molar-refractivity contribution in [1.29, 1.82) is 0 Å². The molecule has 40 heavy (non-hydrogen) atoms. The SMILES string of the molecule is CC(=O)Nc1cc(Oc2ccc(NC(=O)Nc3cc(C(C)C)nn3-c3ccc4ncccc4c3)c(F)c2)ccn1. The number of aromatic nitrogens is 4. The minimum Gasteiger partial charge on any atom is -0.457 e. The van der Waals surface area contributed by atoms with E-state index in [4.69, 9.17) is 4.74 Å². The summed E-state index contributed by atoms with van der Waals surface area (Å²) in [6.45, 7) is 5.38. The van der Waals surface area contributed by atoms with E-state index in [2.05, 4.69) is 31.0 Å². The zero-order valence-electron chi connectivity index (χ0n) is 22.0. The van der Waals surface area contributed by atoms with E-state index in [1.54, 1.807) is 23.0 Å².